The van der Waals surface area contributed by atoms with Crippen molar-refractivity contribution in [3.63, 3.8) is 0 Å². The molecule has 1 aliphatic heterocycles. The summed E-state index contributed by atoms with van der Waals surface area (Å²) in [6.45, 7) is 2.18. The van der Waals surface area contributed by atoms with Crippen molar-refractivity contribution in [1.82, 2.24) is 0 Å². The summed E-state index contributed by atoms with van der Waals surface area (Å²) in [4.78, 5) is 11.0. The molecular weight excluding hydrogens is 144 g/mol. The Bertz CT molecular complexity index is 203. The SMILES string of the molecule is CCOC(=O)C1=COC=CC1. The average Bonchev–Trinajstić information content (AvgIpc) is 2.07. The van der Waals surface area contributed by atoms with Crippen molar-refractivity contribution in [2.75, 3.05) is 6.61 Å². The van der Waals surface area contributed by atoms with Gasteiger partial charge < -0.3 is 9.47 Å². The molecule has 0 aromatic carbocycles. The Morgan fingerprint density at radius 2 is 2.64 bits per heavy atom. The monoisotopic (exact) mass is 154 g/mol. The van der Waals surface area contributed by atoms with Gasteiger partial charge in [-0.15, -0.1) is 0 Å². The second-order valence-corrected chi connectivity index (χ2v) is 2.08. The number of hydrogen-bond acceptors (Lipinski definition) is 3. The summed E-state index contributed by atoms with van der Waals surface area (Å²) in [6, 6.07) is 0. The molecule has 60 valence electrons. The van der Waals surface area contributed by atoms with Gasteiger partial charge in [-0.3, -0.25) is 0 Å². The molecule has 11 heavy (non-hydrogen) atoms. The molecule has 0 unspecified atom stereocenters. The van der Waals surface area contributed by atoms with Crippen molar-refractivity contribution in [2.24, 2.45) is 0 Å². The zero-order valence-corrected chi connectivity index (χ0v) is 6.37. The second kappa shape index (κ2) is 3.81. The minimum Gasteiger partial charge on any atom is -0.472 e. The van der Waals surface area contributed by atoms with E-state index in [-0.39, 0.29) is 5.97 Å². The van der Waals surface area contributed by atoms with Gasteiger partial charge in [0.2, 0.25) is 0 Å². The third-order valence-corrected chi connectivity index (χ3v) is 1.26. The van der Waals surface area contributed by atoms with Crippen LogP contribution in [0, 0.1) is 0 Å². The highest BCUT2D eigenvalue weighted by atomic mass is 16.5. The first-order chi connectivity index (χ1) is 5.34. The lowest BCUT2D eigenvalue weighted by atomic mass is 10.2. The van der Waals surface area contributed by atoms with E-state index in [1.54, 1.807) is 19.3 Å². The molecule has 0 N–H and O–H groups in total. The molecule has 0 spiro atoms. The third-order valence-electron chi connectivity index (χ3n) is 1.26. The van der Waals surface area contributed by atoms with E-state index in [0.29, 0.717) is 18.6 Å². The minimum absolute atomic E-state index is 0.295. The number of rotatable bonds is 2. The van der Waals surface area contributed by atoms with Crippen molar-refractivity contribution >= 4 is 5.97 Å². The van der Waals surface area contributed by atoms with Gasteiger partial charge in [0.15, 0.2) is 0 Å². The van der Waals surface area contributed by atoms with Crippen LogP contribution in [-0.2, 0) is 14.3 Å². The lowest BCUT2D eigenvalue weighted by Gasteiger charge is -2.06. The first kappa shape index (κ1) is 7.85. The topological polar surface area (TPSA) is 35.5 Å². The van der Waals surface area contributed by atoms with Gasteiger partial charge in [-0.1, -0.05) is 0 Å². The summed E-state index contributed by atoms with van der Waals surface area (Å²) in [5, 5.41) is 0. The van der Waals surface area contributed by atoms with E-state index >= 15 is 0 Å². The number of allylic oxidation sites excluding steroid dienone is 1. The predicted molar refractivity (Wildman–Crippen MR) is 39.6 cm³/mol. The van der Waals surface area contributed by atoms with Crippen LogP contribution in [0.5, 0.6) is 0 Å². The molecule has 0 fully saturated rings. The highest BCUT2D eigenvalue weighted by Gasteiger charge is 2.10. The zero-order chi connectivity index (χ0) is 8.10. The first-order valence-corrected chi connectivity index (χ1v) is 3.51. The molecule has 0 aliphatic carbocycles. The van der Waals surface area contributed by atoms with Gasteiger partial charge in [0.05, 0.1) is 18.4 Å². The lowest BCUT2D eigenvalue weighted by Crippen LogP contribution is -2.08. The fraction of sp³-hybridized carbons (Fsp3) is 0.375. The number of ether oxygens (including phenoxy) is 2. The van der Waals surface area contributed by atoms with Crippen molar-refractivity contribution in [1.29, 1.82) is 0 Å². The Balaban J connectivity index is 2.46. The van der Waals surface area contributed by atoms with Gasteiger partial charge in [-0.2, -0.15) is 0 Å². The molecule has 3 nitrogen and oxygen atoms in total. The zero-order valence-electron chi connectivity index (χ0n) is 6.37. The summed E-state index contributed by atoms with van der Waals surface area (Å²) in [6.07, 6.45) is 5.33. The summed E-state index contributed by atoms with van der Waals surface area (Å²) in [7, 11) is 0. The highest BCUT2D eigenvalue weighted by molar-refractivity contribution is 5.88. The van der Waals surface area contributed by atoms with Crippen LogP contribution in [0.2, 0.25) is 0 Å². The lowest BCUT2D eigenvalue weighted by molar-refractivity contribution is -0.138. The molecule has 0 bridgehead atoms. The molecule has 0 radical (unpaired) electrons. The van der Waals surface area contributed by atoms with E-state index in [0.717, 1.165) is 0 Å². The smallest absolute Gasteiger partial charge is 0.337 e. The van der Waals surface area contributed by atoms with E-state index in [4.69, 9.17) is 9.47 Å². The number of esters is 1. The first-order valence-electron chi connectivity index (χ1n) is 3.51. The number of carbonyl (C=O) groups excluding carboxylic acids is 1. The van der Waals surface area contributed by atoms with Crippen LogP contribution in [0.4, 0.5) is 0 Å². The molecule has 0 amide bonds. The summed E-state index contributed by atoms with van der Waals surface area (Å²) < 4.78 is 9.57. The average molecular weight is 154 g/mol. The van der Waals surface area contributed by atoms with E-state index in [2.05, 4.69) is 0 Å². The summed E-state index contributed by atoms with van der Waals surface area (Å²) in [5.41, 5.74) is 0.564. The Morgan fingerprint density at radius 3 is 3.18 bits per heavy atom. The van der Waals surface area contributed by atoms with Crippen LogP contribution >= 0.6 is 0 Å². The molecule has 1 heterocycles. The standard InChI is InChI=1S/C8H10O3/c1-2-11-8(9)7-4-3-5-10-6-7/h3,5-6H,2,4H2,1H3. The summed E-state index contributed by atoms with van der Waals surface area (Å²) in [5.74, 6) is -0.295. The quantitative estimate of drug-likeness (QED) is 0.563. The van der Waals surface area contributed by atoms with Crippen LogP contribution < -0.4 is 0 Å². The predicted octanol–water partition coefficient (Wildman–Crippen LogP) is 1.37. The number of carbonyl (C=O) groups is 1. The van der Waals surface area contributed by atoms with Crippen molar-refractivity contribution in [3.05, 3.63) is 24.2 Å². The van der Waals surface area contributed by atoms with Crippen LogP contribution in [-0.4, -0.2) is 12.6 Å². The van der Waals surface area contributed by atoms with Gasteiger partial charge in [0.25, 0.3) is 0 Å². The Hall–Kier alpha value is -1.25. The fourth-order valence-corrected chi connectivity index (χ4v) is 0.755. The molecule has 0 saturated heterocycles. The highest BCUT2D eigenvalue weighted by Crippen LogP contribution is 2.10. The van der Waals surface area contributed by atoms with Crippen molar-refractivity contribution in [2.45, 2.75) is 13.3 Å². The molecule has 1 aliphatic rings. The molecule has 3 heteroatoms. The van der Waals surface area contributed by atoms with Crippen molar-refractivity contribution in [3.8, 4) is 0 Å². The van der Waals surface area contributed by atoms with Gasteiger partial charge in [0, 0.05) is 6.42 Å². The van der Waals surface area contributed by atoms with E-state index in [1.807, 2.05) is 0 Å². The van der Waals surface area contributed by atoms with Gasteiger partial charge in [-0.05, 0) is 13.0 Å². The van der Waals surface area contributed by atoms with E-state index in [1.165, 1.54) is 6.26 Å². The Morgan fingerprint density at radius 1 is 1.82 bits per heavy atom. The molecular formula is C8H10O3. The van der Waals surface area contributed by atoms with Gasteiger partial charge in [0.1, 0.15) is 6.26 Å². The van der Waals surface area contributed by atoms with E-state index < -0.39 is 0 Å². The normalized spacial score (nSPS) is 15.2. The third kappa shape index (κ3) is 2.11. The molecule has 0 aromatic heterocycles. The van der Waals surface area contributed by atoms with E-state index in [9.17, 15) is 4.79 Å². The molecule has 1 rings (SSSR count). The summed E-state index contributed by atoms with van der Waals surface area (Å²) >= 11 is 0. The van der Waals surface area contributed by atoms with Crippen LogP contribution in [0.25, 0.3) is 0 Å². The van der Waals surface area contributed by atoms with Crippen LogP contribution in [0.15, 0.2) is 24.2 Å². The largest absolute Gasteiger partial charge is 0.472 e. The maximum absolute atomic E-state index is 11.0. The van der Waals surface area contributed by atoms with Gasteiger partial charge in [-0.25, -0.2) is 4.79 Å². The van der Waals surface area contributed by atoms with Crippen LogP contribution in [0.1, 0.15) is 13.3 Å². The number of hydrogen-bond donors (Lipinski definition) is 0. The fourth-order valence-electron chi connectivity index (χ4n) is 0.755. The Kier molecular flexibility index (Phi) is 2.72. The van der Waals surface area contributed by atoms with Crippen LogP contribution in [0.3, 0.4) is 0 Å². The van der Waals surface area contributed by atoms with Crippen molar-refractivity contribution < 1.29 is 14.3 Å². The molecule has 0 saturated carbocycles. The van der Waals surface area contributed by atoms with Gasteiger partial charge >= 0.3 is 5.97 Å². The maximum Gasteiger partial charge on any atom is 0.337 e. The molecule has 0 atom stereocenters. The minimum atomic E-state index is -0.295. The Labute approximate surface area is 65.3 Å². The molecule has 0 aromatic rings. The second-order valence-electron chi connectivity index (χ2n) is 2.08. The maximum atomic E-state index is 11.0.